The van der Waals surface area contributed by atoms with Crippen molar-refractivity contribution in [1.29, 1.82) is 0 Å². The van der Waals surface area contributed by atoms with Crippen molar-refractivity contribution in [3.8, 4) is 0 Å². The van der Waals surface area contributed by atoms with Crippen molar-refractivity contribution in [1.82, 2.24) is 0 Å². The van der Waals surface area contributed by atoms with E-state index in [1.54, 1.807) is 0 Å². The predicted molar refractivity (Wildman–Crippen MR) is 70.1 cm³/mol. The second-order valence-corrected chi connectivity index (χ2v) is 11.3. The van der Waals surface area contributed by atoms with Crippen LogP contribution in [0.5, 0.6) is 0 Å². The number of aldehydes is 1. The SMILES string of the molecule is CC(C)(C)[Si](C)(C)O[C@H]1CCCC[C@H]1C=O. The van der Waals surface area contributed by atoms with E-state index in [4.69, 9.17) is 4.43 Å². The maximum atomic E-state index is 11.0. The molecule has 0 N–H and O–H groups in total. The molecule has 1 fully saturated rings. The lowest BCUT2D eigenvalue weighted by molar-refractivity contribution is -0.115. The Morgan fingerprint density at radius 2 is 1.75 bits per heavy atom. The van der Waals surface area contributed by atoms with Gasteiger partial charge in [0.2, 0.25) is 0 Å². The molecular weight excluding hydrogens is 216 g/mol. The average molecular weight is 242 g/mol. The Morgan fingerprint density at radius 3 is 2.25 bits per heavy atom. The van der Waals surface area contributed by atoms with Crippen LogP contribution < -0.4 is 0 Å². The van der Waals surface area contributed by atoms with Gasteiger partial charge in [0, 0.05) is 5.92 Å². The summed E-state index contributed by atoms with van der Waals surface area (Å²) in [5.74, 6) is 0.142. The average Bonchev–Trinajstić information content (AvgIpc) is 2.16. The third-order valence-corrected chi connectivity index (χ3v) is 8.69. The fourth-order valence-electron chi connectivity index (χ4n) is 1.98. The number of carbonyl (C=O) groups excluding carboxylic acids is 1. The number of carbonyl (C=O) groups is 1. The molecule has 0 radical (unpaired) electrons. The third kappa shape index (κ3) is 3.17. The lowest BCUT2D eigenvalue weighted by atomic mass is 9.88. The van der Waals surface area contributed by atoms with Gasteiger partial charge in [0.1, 0.15) is 6.29 Å². The molecule has 1 rings (SSSR count). The first-order chi connectivity index (χ1) is 7.28. The highest BCUT2D eigenvalue weighted by molar-refractivity contribution is 6.74. The van der Waals surface area contributed by atoms with Gasteiger partial charge in [0.25, 0.3) is 0 Å². The van der Waals surface area contributed by atoms with Gasteiger partial charge in [-0.1, -0.05) is 33.6 Å². The van der Waals surface area contributed by atoms with Gasteiger partial charge in [0.15, 0.2) is 8.32 Å². The van der Waals surface area contributed by atoms with Gasteiger partial charge in [0.05, 0.1) is 6.10 Å². The topological polar surface area (TPSA) is 26.3 Å². The normalized spacial score (nSPS) is 27.8. The quantitative estimate of drug-likeness (QED) is 0.556. The summed E-state index contributed by atoms with van der Waals surface area (Å²) < 4.78 is 6.35. The molecule has 3 heteroatoms. The van der Waals surface area contributed by atoms with Crippen LogP contribution in [0.2, 0.25) is 18.1 Å². The lowest BCUT2D eigenvalue weighted by Crippen LogP contribution is -2.46. The Kier molecular flexibility index (Phi) is 4.35. The van der Waals surface area contributed by atoms with E-state index in [2.05, 4.69) is 33.9 Å². The highest BCUT2D eigenvalue weighted by Crippen LogP contribution is 2.39. The molecule has 2 nitrogen and oxygen atoms in total. The molecule has 1 aliphatic carbocycles. The maximum Gasteiger partial charge on any atom is 0.192 e. The highest BCUT2D eigenvalue weighted by Gasteiger charge is 2.41. The largest absolute Gasteiger partial charge is 0.413 e. The minimum absolute atomic E-state index is 0.142. The summed E-state index contributed by atoms with van der Waals surface area (Å²) in [5.41, 5.74) is 0. The summed E-state index contributed by atoms with van der Waals surface area (Å²) in [7, 11) is -1.71. The van der Waals surface area contributed by atoms with Crippen LogP contribution in [0.4, 0.5) is 0 Å². The molecule has 1 aliphatic rings. The van der Waals surface area contributed by atoms with E-state index in [9.17, 15) is 4.79 Å². The summed E-state index contributed by atoms with van der Waals surface area (Å²) in [6, 6.07) is 0. The lowest BCUT2D eigenvalue weighted by Gasteiger charge is -2.41. The zero-order valence-corrected chi connectivity index (χ0v) is 12.4. The fraction of sp³-hybridized carbons (Fsp3) is 0.923. The van der Waals surface area contributed by atoms with Crippen molar-refractivity contribution < 1.29 is 9.22 Å². The molecule has 0 aromatic rings. The zero-order valence-electron chi connectivity index (χ0n) is 11.4. The molecule has 0 amide bonds. The summed E-state index contributed by atoms with van der Waals surface area (Å²) in [5, 5.41) is 0.234. The highest BCUT2D eigenvalue weighted by atomic mass is 28.4. The first kappa shape index (κ1) is 13.9. The first-order valence-corrected chi connectivity index (χ1v) is 9.32. The Labute approximate surface area is 101 Å². The van der Waals surface area contributed by atoms with Gasteiger partial charge in [-0.2, -0.15) is 0 Å². The Bertz CT molecular complexity index is 243. The standard InChI is InChI=1S/C13H26O2Si/c1-13(2,3)16(4,5)15-12-9-7-6-8-11(12)10-14/h10-12H,6-9H2,1-5H3/t11-,12-/m0/s1. The van der Waals surface area contributed by atoms with Crippen molar-refractivity contribution >= 4 is 14.6 Å². The summed E-state index contributed by atoms with van der Waals surface area (Å²) in [4.78, 5) is 11.0. The Balaban J connectivity index is 2.67. The van der Waals surface area contributed by atoms with Gasteiger partial charge in [-0.05, 0) is 31.0 Å². The van der Waals surface area contributed by atoms with E-state index in [1.807, 2.05) is 0 Å². The van der Waals surface area contributed by atoms with E-state index in [1.165, 1.54) is 12.8 Å². The summed E-state index contributed by atoms with van der Waals surface area (Å²) in [6.45, 7) is 11.3. The molecule has 16 heavy (non-hydrogen) atoms. The van der Waals surface area contributed by atoms with E-state index in [0.29, 0.717) is 0 Å². The number of rotatable bonds is 3. The van der Waals surface area contributed by atoms with Gasteiger partial charge in [-0.25, -0.2) is 0 Å². The molecule has 1 saturated carbocycles. The molecule has 0 saturated heterocycles. The molecule has 0 bridgehead atoms. The maximum absolute atomic E-state index is 11.0. The Hall–Kier alpha value is -0.153. The minimum Gasteiger partial charge on any atom is -0.413 e. The number of hydrogen-bond donors (Lipinski definition) is 0. The molecule has 0 aliphatic heterocycles. The van der Waals surface area contributed by atoms with Crippen molar-refractivity contribution in [2.75, 3.05) is 0 Å². The second kappa shape index (κ2) is 5.01. The second-order valence-electron chi connectivity index (χ2n) is 6.50. The van der Waals surface area contributed by atoms with Gasteiger partial charge in [-0.15, -0.1) is 0 Å². The summed E-state index contributed by atoms with van der Waals surface area (Å²) >= 11 is 0. The van der Waals surface area contributed by atoms with Crippen LogP contribution in [0, 0.1) is 5.92 Å². The van der Waals surface area contributed by atoms with Crippen molar-refractivity contribution in [3.05, 3.63) is 0 Å². The van der Waals surface area contributed by atoms with Crippen molar-refractivity contribution in [3.63, 3.8) is 0 Å². The number of hydrogen-bond acceptors (Lipinski definition) is 2. The van der Waals surface area contributed by atoms with E-state index < -0.39 is 8.32 Å². The summed E-state index contributed by atoms with van der Waals surface area (Å²) in [6.07, 6.45) is 5.77. The van der Waals surface area contributed by atoms with Crippen LogP contribution in [0.1, 0.15) is 46.5 Å². The smallest absolute Gasteiger partial charge is 0.192 e. The molecule has 0 aromatic carbocycles. The predicted octanol–water partition coefficient (Wildman–Crippen LogP) is 3.77. The third-order valence-electron chi connectivity index (χ3n) is 4.18. The first-order valence-electron chi connectivity index (χ1n) is 6.41. The zero-order chi connectivity index (χ0) is 12.4. The van der Waals surface area contributed by atoms with Crippen molar-refractivity contribution in [2.45, 2.75) is 70.7 Å². The van der Waals surface area contributed by atoms with Crippen LogP contribution in [0.3, 0.4) is 0 Å². The van der Waals surface area contributed by atoms with E-state index in [-0.39, 0.29) is 17.1 Å². The van der Waals surface area contributed by atoms with Gasteiger partial charge in [-0.3, -0.25) is 0 Å². The van der Waals surface area contributed by atoms with E-state index >= 15 is 0 Å². The van der Waals surface area contributed by atoms with E-state index in [0.717, 1.165) is 19.1 Å². The molecule has 2 atom stereocenters. The van der Waals surface area contributed by atoms with Crippen molar-refractivity contribution in [2.24, 2.45) is 5.92 Å². The molecule has 0 heterocycles. The molecule has 0 unspecified atom stereocenters. The minimum atomic E-state index is -1.71. The molecule has 0 aromatic heterocycles. The van der Waals surface area contributed by atoms with Crippen LogP contribution in [-0.2, 0) is 9.22 Å². The van der Waals surface area contributed by atoms with Crippen LogP contribution in [0.15, 0.2) is 0 Å². The van der Waals surface area contributed by atoms with Gasteiger partial charge < -0.3 is 9.22 Å². The van der Waals surface area contributed by atoms with Gasteiger partial charge >= 0.3 is 0 Å². The molecule has 94 valence electrons. The van der Waals surface area contributed by atoms with Crippen LogP contribution >= 0.6 is 0 Å². The Morgan fingerprint density at radius 1 is 1.19 bits per heavy atom. The molecular formula is C13H26O2Si. The van der Waals surface area contributed by atoms with Crippen LogP contribution in [-0.4, -0.2) is 20.7 Å². The fourth-order valence-corrected chi connectivity index (χ4v) is 3.39. The van der Waals surface area contributed by atoms with Crippen LogP contribution in [0.25, 0.3) is 0 Å². The monoisotopic (exact) mass is 242 g/mol. The molecule has 0 spiro atoms.